The van der Waals surface area contributed by atoms with Crippen LogP contribution in [0.4, 0.5) is 11.4 Å². The van der Waals surface area contributed by atoms with E-state index in [2.05, 4.69) is 58.4 Å². The Morgan fingerprint density at radius 1 is 0.913 bits per heavy atom. The van der Waals surface area contributed by atoms with Crippen LogP contribution < -0.4 is 26.0 Å². The van der Waals surface area contributed by atoms with Crippen LogP contribution in [0.1, 0.15) is 102 Å². The number of rotatable bonds is 27. The Kier molecular flexibility index (Phi) is 18.2. The van der Waals surface area contributed by atoms with Crippen molar-refractivity contribution >= 4 is 35.4 Å². The highest BCUT2D eigenvalue weighted by Crippen LogP contribution is 2.36. The lowest BCUT2D eigenvalue weighted by Crippen LogP contribution is -2.46. The van der Waals surface area contributed by atoms with Gasteiger partial charge in [-0.05, 0) is 107 Å². The molecule has 0 bridgehead atoms. The van der Waals surface area contributed by atoms with Crippen molar-refractivity contribution in [3.8, 4) is 17.3 Å². The number of unbranched alkanes of at least 4 members (excludes halogenated alkanes) is 3. The Balaban J connectivity index is 0.762. The molecule has 4 heterocycles. The van der Waals surface area contributed by atoms with E-state index < -0.39 is 11.6 Å². The Labute approximate surface area is 403 Å². The molecular weight excluding hydrogens is 879 g/mol. The zero-order chi connectivity index (χ0) is 48.4. The van der Waals surface area contributed by atoms with Crippen molar-refractivity contribution < 1.29 is 33.4 Å². The maximum Gasteiger partial charge on any atom is 0.255 e. The monoisotopic (exact) mass is 944 g/mol. The number of benzene rings is 3. The van der Waals surface area contributed by atoms with Gasteiger partial charge in [0, 0.05) is 80.5 Å². The fourth-order valence-electron chi connectivity index (χ4n) is 8.72. The van der Waals surface area contributed by atoms with Crippen LogP contribution >= 0.6 is 0 Å². The van der Waals surface area contributed by atoms with E-state index in [1.54, 1.807) is 23.2 Å². The summed E-state index contributed by atoms with van der Waals surface area (Å²) in [4.78, 5) is 65.8. The summed E-state index contributed by atoms with van der Waals surface area (Å²) in [6.07, 6.45) is 9.91. The van der Waals surface area contributed by atoms with E-state index in [0.29, 0.717) is 68.8 Å². The van der Waals surface area contributed by atoms with Gasteiger partial charge in [-0.3, -0.25) is 14.4 Å². The zero-order valence-electron chi connectivity index (χ0n) is 39.9. The van der Waals surface area contributed by atoms with Gasteiger partial charge in [0.2, 0.25) is 5.91 Å². The van der Waals surface area contributed by atoms with Crippen LogP contribution in [0.3, 0.4) is 0 Å². The SMILES string of the molecule is CNC(=O)C(CCC=O)N1Cc2c(NCCOCCOCCCCCCOc3cccc([C@@H](C)NC(=O)c4cccc(NC5(c6nnc(-c7ccncn7)[nH]6)CCN(C)CC5)c4)c3)cccc2C1=O. The number of aromatic amines is 1. The summed E-state index contributed by atoms with van der Waals surface area (Å²) in [5, 5.41) is 21.8. The van der Waals surface area contributed by atoms with Gasteiger partial charge in [0.1, 0.15) is 30.1 Å². The van der Waals surface area contributed by atoms with E-state index in [4.69, 9.17) is 14.2 Å². The van der Waals surface area contributed by atoms with E-state index in [9.17, 15) is 19.2 Å². The molecule has 0 spiro atoms. The van der Waals surface area contributed by atoms with Crippen molar-refractivity contribution in [2.45, 2.75) is 82.5 Å². The highest BCUT2D eigenvalue weighted by molar-refractivity contribution is 6.02. The summed E-state index contributed by atoms with van der Waals surface area (Å²) in [6, 6.07) is 21.8. The topological polar surface area (TPSA) is 218 Å². The average molecular weight is 944 g/mol. The van der Waals surface area contributed by atoms with Crippen LogP contribution in [0.5, 0.6) is 5.75 Å². The number of carbonyl (C=O) groups is 4. The third kappa shape index (κ3) is 13.5. The maximum atomic E-state index is 13.6. The summed E-state index contributed by atoms with van der Waals surface area (Å²) in [7, 11) is 3.64. The molecule has 366 valence electrons. The Bertz CT molecular complexity index is 2460. The van der Waals surface area contributed by atoms with Crippen LogP contribution in [-0.2, 0) is 31.1 Å². The molecule has 1 fully saturated rings. The lowest BCUT2D eigenvalue weighted by Gasteiger charge is -2.40. The molecule has 0 aliphatic carbocycles. The molecule has 2 aliphatic heterocycles. The molecule has 7 rings (SSSR count). The van der Waals surface area contributed by atoms with Crippen LogP contribution in [0.2, 0.25) is 0 Å². The second-order valence-electron chi connectivity index (χ2n) is 17.5. The minimum atomic E-state index is -0.704. The third-order valence-corrected chi connectivity index (χ3v) is 12.7. The number of hydrogen-bond acceptors (Lipinski definition) is 14. The third-order valence-electron chi connectivity index (χ3n) is 12.7. The molecule has 1 unspecified atom stereocenters. The molecule has 2 aromatic heterocycles. The molecule has 2 aliphatic rings. The predicted octanol–water partition coefficient (Wildman–Crippen LogP) is 5.92. The lowest BCUT2D eigenvalue weighted by molar-refractivity contribution is -0.125. The van der Waals surface area contributed by atoms with Gasteiger partial charge in [-0.1, -0.05) is 30.7 Å². The van der Waals surface area contributed by atoms with Gasteiger partial charge in [-0.25, -0.2) is 9.97 Å². The van der Waals surface area contributed by atoms with E-state index in [1.165, 1.54) is 13.4 Å². The van der Waals surface area contributed by atoms with Gasteiger partial charge in [0.05, 0.1) is 38.0 Å². The first-order valence-electron chi connectivity index (χ1n) is 24.0. The summed E-state index contributed by atoms with van der Waals surface area (Å²) < 4.78 is 17.7. The Morgan fingerprint density at radius 3 is 2.48 bits per heavy atom. The molecule has 18 heteroatoms. The van der Waals surface area contributed by atoms with E-state index >= 15 is 0 Å². The van der Waals surface area contributed by atoms with E-state index in [1.807, 2.05) is 67.6 Å². The van der Waals surface area contributed by atoms with Gasteiger partial charge >= 0.3 is 0 Å². The fourth-order valence-corrected chi connectivity index (χ4v) is 8.72. The molecule has 2 atom stereocenters. The summed E-state index contributed by atoms with van der Waals surface area (Å²) >= 11 is 0. The molecule has 0 saturated carbocycles. The number of amides is 3. The van der Waals surface area contributed by atoms with Crippen molar-refractivity contribution in [2.24, 2.45) is 0 Å². The van der Waals surface area contributed by atoms with Crippen LogP contribution in [-0.4, -0.2) is 132 Å². The number of piperidine rings is 1. The Morgan fingerprint density at radius 2 is 1.70 bits per heavy atom. The zero-order valence-corrected chi connectivity index (χ0v) is 39.9. The standard InChI is InChI=1S/C51H65N11O7/c1-36(56-47(64)38-13-8-14-39(32-38)58-51(20-24-61(3)25-21-51)50-57-46(59-60-50)44-19-22-53-35-55-44)37-12-9-15-40(33-37)69-28-7-5-4-6-27-67-30-31-68-29-23-54-43-17-10-16-41-42(43)34-62(49(41)66)45(18-11-26-63)48(65)52-2/h8-10,12-17,19,22,26,32-33,35-36,45,54,58H,4-7,11,18,20-21,23-25,27-31,34H2,1-3H3,(H,52,65)(H,56,64)(H,57,59,60)/t36-,45?/m1/s1. The second-order valence-corrected chi connectivity index (χ2v) is 17.5. The molecule has 1 saturated heterocycles. The molecule has 69 heavy (non-hydrogen) atoms. The number of carbonyl (C=O) groups excluding carboxylic acids is 4. The molecule has 5 N–H and O–H groups in total. The van der Waals surface area contributed by atoms with Gasteiger partial charge in [-0.2, -0.15) is 0 Å². The highest BCUT2D eigenvalue weighted by atomic mass is 16.5. The first kappa shape index (κ1) is 50.1. The number of anilines is 2. The predicted molar refractivity (Wildman–Crippen MR) is 262 cm³/mol. The number of H-pyrrole nitrogens is 1. The molecular formula is C51H65N11O7. The van der Waals surface area contributed by atoms with E-state index in [0.717, 1.165) is 92.0 Å². The van der Waals surface area contributed by atoms with Gasteiger partial charge < -0.3 is 55.1 Å². The summed E-state index contributed by atoms with van der Waals surface area (Å²) in [5.74, 6) is 1.42. The second kappa shape index (κ2) is 25.0. The van der Waals surface area contributed by atoms with Crippen molar-refractivity contribution in [2.75, 3.05) is 77.4 Å². The Hall–Kier alpha value is -6.76. The highest BCUT2D eigenvalue weighted by Gasteiger charge is 2.39. The largest absolute Gasteiger partial charge is 0.494 e. The average Bonchev–Trinajstić information content (AvgIpc) is 4.01. The number of likely N-dealkylation sites (N-methyl/N-ethyl adjacent to an activating group) is 1. The number of likely N-dealkylation sites (tertiary alicyclic amines) is 1. The number of aldehydes is 1. The van der Waals surface area contributed by atoms with Crippen molar-refractivity contribution in [3.05, 3.63) is 113 Å². The lowest BCUT2D eigenvalue weighted by atomic mass is 9.86. The smallest absolute Gasteiger partial charge is 0.255 e. The minimum absolute atomic E-state index is 0.172. The van der Waals surface area contributed by atoms with Crippen molar-refractivity contribution in [1.29, 1.82) is 0 Å². The number of nitrogens with one attached hydrogen (secondary N) is 5. The fraction of sp³-hybridized carbons (Fsp3) is 0.451. The van der Waals surface area contributed by atoms with Gasteiger partial charge in [0.15, 0.2) is 11.6 Å². The number of ether oxygens (including phenoxy) is 3. The molecule has 3 aromatic carbocycles. The number of fused-ring (bicyclic) bond motifs is 1. The van der Waals surface area contributed by atoms with Crippen LogP contribution in [0.25, 0.3) is 11.5 Å². The van der Waals surface area contributed by atoms with Crippen LogP contribution in [0, 0.1) is 0 Å². The van der Waals surface area contributed by atoms with Gasteiger partial charge in [0.25, 0.3) is 11.8 Å². The summed E-state index contributed by atoms with van der Waals surface area (Å²) in [5.41, 5.74) is 4.71. The summed E-state index contributed by atoms with van der Waals surface area (Å²) in [6.45, 7) is 7.26. The van der Waals surface area contributed by atoms with Gasteiger partial charge in [-0.15, -0.1) is 10.2 Å². The molecule has 18 nitrogen and oxygen atoms in total. The molecule has 3 amide bonds. The van der Waals surface area contributed by atoms with Crippen LogP contribution in [0.15, 0.2) is 85.3 Å². The normalized spacial score (nSPS) is 15.2. The molecule has 0 radical (unpaired) electrons. The number of aromatic nitrogens is 5. The molecule has 5 aromatic rings. The first-order valence-corrected chi connectivity index (χ1v) is 24.0. The first-order chi connectivity index (χ1) is 33.7. The minimum Gasteiger partial charge on any atom is -0.494 e. The number of nitrogens with zero attached hydrogens (tertiary/aromatic N) is 6. The van der Waals surface area contributed by atoms with E-state index in [-0.39, 0.29) is 36.6 Å². The maximum absolute atomic E-state index is 13.6. The van der Waals surface area contributed by atoms with Crippen molar-refractivity contribution in [1.82, 2.24) is 45.6 Å². The van der Waals surface area contributed by atoms with Crippen molar-refractivity contribution in [3.63, 3.8) is 0 Å². The number of hydrogen-bond donors (Lipinski definition) is 5. The quantitative estimate of drug-likeness (QED) is 0.0305.